The van der Waals surface area contributed by atoms with Crippen LogP contribution in [0.4, 0.5) is 0 Å². The van der Waals surface area contributed by atoms with Crippen LogP contribution in [-0.2, 0) is 4.79 Å². The van der Waals surface area contributed by atoms with Gasteiger partial charge in [-0.15, -0.1) is 0 Å². The minimum absolute atomic E-state index is 0.00865. The summed E-state index contributed by atoms with van der Waals surface area (Å²) >= 11 is 0. The molecule has 1 rings (SSSR count). The fraction of sp³-hybridized carbons (Fsp3) is 0.562. The summed E-state index contributed by atoms with van der Waals surface area (Å²) in [5, 5.41) is 12.8. The molecule has 1 atom stereocenters. The summed E-state index contributed by atoms with van der Waals surface area (Å²) in [5.74, 6) is 0.772. The van der Waals surface area contributed by atoms with Crippen LogP contribution >= 0.6 is 0 Å². The highest BCUT2D eigenvalue weighted by Crippen LogP contribution is 2.18. The lowest BCUT2D eigenvalue weighted by Gasteiger charge is -2.14. The molecule has 0 fully saturated rings. The molecule has 20 heavy (non-hydrogen) atoms. The van der Waals surface area contributed by atoms with Gasteiger partial charge in [0.05, 0.1) is 12.2 Å². The molecule has 1 aromatic rings. The second kappa shape index (κ2) is 8.59. The smallest absolute Gasteiger partial charge is 0.220 e. The molecule has 0 bridgehead atoms. The Morgan fingerprint density at radius 1 is 1.30 bits per heavy atom. The summed E-state index contributed by atoms with van der Waals surface area (Å²) < 4.78 is 5.54. The highest BCUT2D eigenvalue weighted by Gasteiger charge is 2.09. The minimum atomic E-state index is -0.686. The first-order valence-electron chi connectivity index (χ1n) is 7.24. The van der Waals surface area contributed by atoms with Gasteiger partial charge >= 0.3 is 0 Å². The number of aliphatic hydroxyl groups excluding tert-OH is 1. The van der Waals surface area contributed by atoms with Crippen molar-refractivity contribution in [2.75, 3.05) is 6.54 Å². The number of aliphatic hydroxyl groups is 1. The van der Waals surface area contributed by atoms with Gasteiger partial charge in [0.1, 0.15) is 5.75 Å². The Morgan fingerprint density at radius 3 is 2.50 bits per heavy atom. The molecule has 0 aliphatic carbocycles. The Bertz CT molecular complexity index is 401. The van der Waals surface area contributed by atoms with Crippen LogP contribution < -0.4 is 10.1 Å². The number of amides is 1. The zero-order valence-corrected chi connectivity index (χ0v) is 12.6. The molecule has 4 heteroatoms. The van der Waals surface area contributed by atoms with Gasteiger partial charge in [0.25, 0.3) is 0 Å². The van der Waals surface area contributed by atoms with Crippen LogP contribution in [0.5, 0.6) is 5.75 Å². The summed E-state index contributed by atoms with van der Waals surface area (Å²) in [6, 6.07) is 7.30. The fourth-order valence-electron chi connectivity index (χ4n) is 1.79. The van der Waals surface area contributed by atoms with Gasteiger partial charge in [-0.25, -0.2) is 0 Å². The van der Waals surface area contributed by atoms with Gasteiger partial charge < -0.3 is 15.2 Å². The number of unbranched alkanes of at least 4 members (excludes halogenated alkanes) is 1. The predicted molar refractivity (Wildman–Crippen MR) is 79.7 cm³/mol. The molecule has 0 radical (unpaired) electrons. The van der Waals surface area contributed by atoms with Gasteiger partial charge in [0.15, 0.2) is 0 Å². The van der Waals surface area contributed by atoms with Gasteiger partial charge in [-0.3, -0.25) is 4.79 Å². The van der Waals surface area contributed by atoms with Crippen molar-refractivity contribution in [2.45, 2.75) is 52.2 Å². The maximum atomic E-state index is 11.5. The van der Waals surface area contributed by atoms with Crippen molar-refractivity contribution in [1.82, 2.24) is 5.32 Å². The summed E-state index contributed by atoms with van der Waals surface area (Å²) in [6.07, 6.45) is 1.83. The number of ether oxygens (including phenoxy) is 1. The topological polar surface area (TPSA) is 58.6 Å². The van der Waals surface area contributed by atoms with Crippen molar-refractivity contribution in [2.24, 2.45) is 0 Å². The molecule has 0 saturated heterocycles. The van der Waals surface area contributed by atoms with E-state index in [0.29, 0.717) is 6.42 Å². The SMILES string of the molecule is CCCCC(=O)NC[C@H](O)c1ccc(OC(C)C)cc1. The number of carbonyl (C=O) groups excluding carboxylic acids is 1. The van der Waals surface area contributed by atoms with E-state index in [2.05, 4.69) is 5.32 Å². The van der Waals surface area contributed by atoms with E-state index in [-0.39, 0.29) is 18.6 Å². The van der Waals surface area contributed by atoms with Gasteiger partial charge in [-0.1, -0.05) is 25.5 Å². The lowest BCUT2D eigenvalue weighted by Crippen LogP contribution is -2.28. The van der Waals surface area contributed by atoms with Crippen LogP contribution in [0.1, 0.15) is 51.7 Å². The average Bonchev–Trinajstić information content (AvgIpc) is 2.42. The van der Waals surface area contributed by atoms with Crippen molar-refractivity contribution in [1.29, 1.82) is 0 Å². The van der Waals surface area contributed by atoms with Crippen LogP contribution in [0.25, 0.3) is 0 Å². The molecule has 1 aromatic carbocycles. The number of nitrogens with one attached hydrogen (secondary N) is 1. The molecular formula is C16H25NO3. The zero-order chi connectivity index (χ0) is 15.0. The van der Waals surface area contributed by atoms with E-state index in [4.69, 9.17) is 4.74 Å². The van der Waals surface area contributed by atoms with E-state index in [1.165, 1.54) is 0 Å². The molecular weight excluding hydrogens is 254 g/mol. The van der Waals surface area contributed by atoms with Crippen LogP contribution in [0, 0.1) is 0 Å². The van der Waals surface area contributed by atoms with E-state index < -0.39 is 6.10 Å². The van der Waals surface area contributed by atoms with Crippen molar-refractivity contribution in [3.05, 3.63) is 29.8 Å². The lowest BCUT2D eigenvalue weighted by atomic mass is 10.1. The molecule has 1 amide bonds. The molecule has 0 saturated carbocycles. The van der Waals surface area contributed by atoms with Gasteiger partial charge in [-0.2, -0.15) is 0 Å². The fourth-order valence-corrected chi connectivity index (χ4v) is 1.79. The molecule has 4 nitrogen and oxygen atoms in total. The third kappa shape index (κ3) is 6.06. The molecule has 0 heterocycles. The van der Waals surface area contributed by atoms with Crippen molar-refractivity contribution < 1.29 is 14.6 Å². The Kier molecular flexibility index (Phi) is 7.09. The largest absolute Gasteiger partial charge is 0.491 e. The highest BCUT2D eigenvalue weighted by molar-refractivity contribution is 5.75. The Balaban J connectivity index is 2.43. The summed E-state index contributed by atoms with van der Waals surface area (Å²) in [7, 11) is 0. The maximum Gasteiger partial charge on any atom is 0.220 e. The third-order valence-electron chi connectivity index (χ3n) is 2.89. The molecule has 0 unspecified atom stereocenters. The van der Waals surface area contributed by atoms with E-state index in [1.54, 1.807) is 0 Å². The maximum absolute atomic E-state index is 11.5. The molecule has 0 aliphatic heterocycles. The molecule has 2 N–H and O–H groups in total. The van der Waals surface area contributed by atoms with E-state index in [0.717, 1.165) is 24.2 Å². The van der Waals surface area contributed by atoms with Crippen molar-refractivity contribution in [3.8, 4) is 5.75 Å². The Labute approximate surface area is 121 Å². The number of carbonyl (C=O) groups is 1. The van der Waals surface area contributed by atoms with Crippen LogP contribution in [0.3, 0.4) is 0 Å². The lowest BCUT2D eigenvalue weighted by molar-refractivity contribution is -0.121. The quantitative estimate of drug-likeness (QED) is 0.769. The number of benzene rings is 1. The summed E-state index contributed by atoms with van der Waals surface area (Å²) in [5.41, 5.74) is 0.775. The van der Waals surface area contributed by atoms with E-state index >= 15 is 0 Å². The predicted octanol–water partition coefficient (Wildman–Crippen LogP) is 2.81. The van der Waals surface area contributed by atoms with Gasteiger partial charge in [-0.05, 0) is 38.0 Å². The van der Waals surface area contributed by atoms with E-state index in [9.17, 15) is 9.90 Å². The monoisotopic (exact) mass is 279 g/mol. The van der Waals surface area contributed by atoms with Crippen LogP contribution in [-0.4, -0.2) is 23.7 Å². The van der Waals surface area contributed by atoms with Gasteiger partial charge in [0, 0.05) is 13.0 Å². The highest BCUT2D eigenvalue weighted by atomic mass is 16.5. The van der Waals surface area contributed by atoms with Crippen LogP contribution in [0.2, 0.25) is 0 Å². The summed E-state index contributed by atoms with van der Waals surface area (Å²) in [6.45, 7) is 6.22. The molecule has 0 aromatic heterocycles. The van der Waals surface area contributed by atoms with Crippen molar-refractivity contribution in [3.63, 3.8) is 0 Å². The average molecular weight is 279 g/mol. The van der Waals surface area contributed by atoms with Crippen molar-refractivity contribution >= 4 is 5.91 Å². The zero-order valence-electron chi connectivity index (χ0n) is 12.6. The first kappa shape index (κ1) is 16.5. The Hall–Kier alpha value is -1.55. The number of rotatable bonds is 8. The Morgan fingerprint density at radius 2 is 1.95 bits per heavy atom. The number of hydrogen-bond donors (Lipinski definition) is 2. The standard InChI is InChI=1S/C16H25NO3/c1-4-5-6-16(19)17-11-15(18)13-7-9-14(10-8-13)20-12(2)3/h7-10,12,15,18H,4-6,11H2,1-3H3,(H,17,19)/t15-/m0/s1. The molecule has 112 valence electrons. The first-order chi connectivity index (χ1) is 9.52. The van der Waals surface area contributed by atoms with E-state index in [1.807, 2.05) is 45.0 Å². The minimum Gasteiger partial charge on any atom is -0.491 e. The third-order valence-corrected chi connectivity index (χ3v) is 2.89. The molecule has 0 aliphatic rings. The number of hydrogen-bond acceptors (Lipinski definition) is 3. The molecule has 0 spiro atoms. The first-order valence-corrected chi connectivity index (χ1v) is 7.24. The van der Waals surface area contributed by atoms with Gasteiger partial charge in [0.2, 0.25) is 5.91 Å². The second-order valence-electron chi connectivity index (χ2n) is 5.16. The summed E-state index contributed by atoms with van der Waals surface area (Å²) in [4.78, 5) is 11.5. The van der Waals surface area contributed by atoms with Crippen LogP contribution in [0.15, 0.2) is 24.3 Å². The second-order valence-corrected chi connectivity index (χ2v) is 5.16. The normalized spacial score (nSPS) is 12.2.